The monoisotopic (exact) mass is 442 g/mol. The molecule has 2 N–H and O–H groups in total. The van der Waals surface area contributed by atoms with Crippen molar-refractivity contribution in [3.05, 3.63) is 54.7 Å². The third kappa shape index (κ3) is 7.35. The molecule has 1 fully saturated rings. The molecular weight excluding hydrogens is 412 g/mol. The van der Waals surface area contributed by atoms with Crippen molar-refractivity contribution in [3.8, 4) is 0 Å². The highest BCUT2D eigenvalue weighted by Crippen LogP contribution is 2.18. The minimum absolute atomic E-state index is 0.124. The number of aliphatic carboxylic acids is 2. The van der Waals surface area contributed by atoms with Gasteiger partial charge in [-0.1, -0.05) is 31.2 Å². The summed E-state index contributed by atoms with van der Waals surface area (Å²) in [7, 11) is 0. The van der Waals surface area contributed by atoms with Crippen molar-refractivity contribution in [3.63, 3.8) is 0 Å². The van der Waals surface area contributed by atoms with Gasteiger partial charge in [0.15, 0.2) is 0 Å². The maximum absolute atomic E-state index is 12.4. The number of benzene rings is 1. The smallest absolute Gasteiger partial charge is 0.414 e. The average Bonchev–Trinajstić information content (AvgIpc) is 2.83. The zero-order chi connectivity index (χ0) is 23.5. The van der Waals surface area contributed by atoms with E-state index in [4.69, 9.17) is 19.8 Å². The Balaban J connectivity index is 0.000000534. The van der Waals surface area contributed by atoms with Gasteiger partial charge in [-0.15, -0.1) is 0 Å². The van der Waals surface area contributed by atoms with Gasteiger partial charge in [-0.25, -0.2) is 14.6 Å². The molecule has 2 heterocycles. The van der Waals surface area contributed by atoms with Gasteiger partial charge in [-0.05, 0) is 31.2 Å². The fourth-order valence-electron chi connectivity index (χ4n) is 3.47. The number of aromatic nitrogens is 1. The van der Waals surface area contributed by atoms with Crippen LogP contribution >= 0.6 is 0 Å². The van der Waals surface area contributed by atoms with Crippen LogP contribution in [0.25, 0.3) is 0 Å². The van der Waals surface area contributed by atoms with E-state index in [1.807, 2.05) is 30.0 Å². The highest BCUT2D eigenvalue weighted by atomic mass is 16.4. The topological polar surface area (TPSA) is 114 Å². The van der Waals surface area contributed by atoms with E-state index < -0.39 is 11.9 Å². The molecule has 1 aromatic heterocycles. The Hall–Kier alpha value is -3.46. The fourth-order valence-corrected chi connectivity index (χ4v) is 3.47. The van der Waals surface area contributed by atoms with E-state index in [9.17, 15) is 4.79 Å². The Kier molecular flexibility index (Phi) is 9.62. The third-order valence-corrected chi connectivity index (χ3v) is 5.22. The zero-order valence-corrected chi connectivity index (χ0v) is 18.4. The Bertz CT molecular complexity index is 858. The summed E-state index contributed by atoms with van der Waals surface area (Å²) in [6, 6.07) is 16.6. The molecule has 1 amide bonds. The summed E-state index contributed by atoms with van der Waals surface area (Å²) in [5, 5.41) is 14.8. The molecule has 1 aliphatic rings. The predicted molar refractivity (Wildman–Crippen MR) is 122 cm³/mol. The van der Waals surface area contributed by atoms with E-state index in [1.54, 1.807) is 6.20 Å². The first-order chi connectivity index (χ1) is 15.3. The lowest BCUT2D eigenvalue weighted by molar-refractivity contribution is -0.159. The van der Waals surface area contributed by atoms with E-state index in [0.29, 0.717) is 19.0 Å². The van der Waals surface area contributed by atoms with Crippen LogP contribution in [0.4, 0.5) is 11.5 Å². The third-order valence-electron chi connectivity index (χ3n) is 5.22. The second-order valence-electron chi connectivity index (χ2n) is 7.36. The van der Waals surface area contributed by atoms with Crippen molar-refractivity contribution in [2.45, 2.75) is 26.3 Å². The quantitative estimate of drug-likeness (QED) is 0.655. The molecule has 1 atom stereocenters. The molecule has 9 nitrogen and oxygen atoms in total. The Morgan fingerprint density at radius 1 is 0.969 bits per heavy atom. The molecule has 0 radical (unpaired) electrons. The summed E-state index contributed by atoms with van der Waals surface area (Å²) in [6.07, 6.45) is 2.24. The number of carbonyl (C=O) groups is 3. The van der Waals surface area contributed by atoms with E-state index in [2.05, 4.69) is 52.0 Å². The molecule has 9 heteroatoms. The number of rotatable bonds is 6. The largest absolute Gasteiger partial charge is 0.473 e. The summed E-state index contributed by atoms with van der Waals surface area (Å²) >= 11 is 0. The van der Waals surface area contributed by atoms with Crippen LogP contribution in [0.2, 0.25) is 0 Å². The minimum atomic E-state index is -1.82. The lowest BCUT2D eigenvalue weighted by atomic mass is 10.2. The van der Waals surface area contributed by atoms with Crippen molar-refractivity contribution in [2.75, 3.05) is 42.5 Å². The average molecular weight is 443 g/mol. The van der Waals surface area contributed by atoms with Gasteiger partial charge in [0.05, 0.1) is 0 Å². The van der Waals surface area contributed by atoms with Gasteiger partial charge in [-0.2, -0.15) is 0 Å². The van der Waals surface area contributed by atoms with Crippen LogP contribution in [0.15, 0.2) is 54.7 Å². The Morgan fingerprint density at radius 2 is 1.56 bits per heavy atom. The maximum Gasteiger partial charge on any atom is 0.414 e. The van der Waals surface area contributed by atoms with E-state index in [1.165, 1.54) is 5.69 Å². The van der Waals surface area contributed by atoms with E-state index in [0.717, 1.165) is 32.0 Å². The van der Waals surface area contributed by atoms with Crippen LogP contribution in [-0.4, -0.2) is 76.7 Å². The van der Waals surface area contributed by atoms with Crippen LogP contribution in [0.5, 0.6) is 0 Å². The molecule has 0 spiro atoms. The molecule has 1 aliphatic heterocycles. The SMILES string of the molecule is CCC(=O)N(CC(C)N1CCN(c2ccccc2)CC1)c1ccccn1.O=C(O)C(=O)O. The molecular formula is C23H30N4O5. The number of carboxylic acid groups (broad SMARTS) is 2. The lowest BCUT2D eigenvalue weighted by Gasteiger charge is -2.40. The van der Waals surface area contributed by atoms with Crippen LogP contribution in [0, 0.1) is 0 Å². The number of nitrogens with zero attached hydrogens (tertiary/aromatic N) is 4. The van der Waals surface area contributed by atoms with Gasteiger partial charge in [0.1, 0.15) is 5.82 Å². The second kappa shape index (κ2) is 12.4. The molecule has 32 heavy (non-hydrogen) atoms. The number of carboxylic acids is 2. The molecule has 3 rings (SSSR count). The molecule has 0 bridgehead atoms. The summed E-state index contributed by atoms with van der Waals surface area (Å²) in [5.41, 5.74) is 1.29. The molecule has 172 valence electrons. The van der Waals surface area contributed by atoms with Gasteiger partial charge in [0, 0.05) is 57.1 Å². The van der Waals surface area contributed by atoms with Crippen molar-refractivity contribution in [2.24, 2.45) is 0 Å². The van der Waals surface area contributed by atoms with Gasteiger partial charge < -0.3 is 15.1 Å². The first kappa shape index (κ1) is 24.8. The van der Waals surface area contributed by atoms with Gasteiger partial charge in [-0.3, -0.25) is 14.6 Å². The van der Waals surface area contributed by atoms with Crippen LogP contribution < -0.4 is 9.80 Å². The van der Waals surface area contributed by atoms with Crippen molar-refractivity contribution in [1.82, 2.24) is 9.88 Å². The second-order valence-corrected chi connectivity index (χ2v) is 7.36. The molecule has 0 saturated carbocycles. The van der Waals surface area contributed by atoms with Crippen LogP contribution in [0.1, 0.15) is 20.3 Å². The lowest BCUT2D eigenvalue weighted by Crippen LogP contribution is -2.53. The molecule has 1 saturated heterocycles. The number of piperazine rings is 1. The first-order valence-electron chi connectivity index (χ1n) is 10.5. The normalized spacial score (nSPS) is 14.6. The van der Waals surface area contributed by atoms with Crippen molar-refractivity contribution >= 4 is 29.4 Å². The summed E-state index contributed by atoms with van der Waals surface area (Å²) < 4.78 is 0. The summed E-state index contributed by atoms with van der Waals surface area (Å²) in [6.45, 7) is 8.83. The number of amides is 1. The highest BCUT2D eigenvalue weighted by Gasteiger charge is 2.25. The van der Waals surface area contributed by atoms with Gasteiger partial charge in [0.25, 0.3) is 0 Å². The number of carbonyl (C=O) groups excluding carboxylic acids is 1. The Labute approximate surface area is 187 Å². The maximum atomic E-state index is 12.4. The zero-order valence-electron chi connectivity index (χ0n) is 18.4. The van der Waals surface area contributed by atoms with Gasteiger partial charge in [0.2, 0.25) is 5.91 Å². The van der Waals surface area contributed by atoms with E-state index in [-0.39, 0.29) is 5.91 Å². The number of hydrogen-bond acceptors (Lipinski definition) is 6. The number of anilines is 2. The molecule has 1 aromatic carbocycles. The first-order valence-corrected chi connectivity index (χ1v) is 10.5. The number of pyridine rings is 1. The highest BCUT2D eigenvalue weighted by molar-refractivity contribution is 6.27. The van der Waals surface area contributed by atoms with E-state index >= 15 is 0 Å². The van der Waals surface area contributed by atoms with Crippen LogP contribution in [-0.2, 0) is 14.4 Å². The fraction of sp³-hybridized carbons (Fsp3) is 0.391. The molecule has 1 unspecified atom stereocenters. The Morgan fingerprint density at radius 3 is 2.06 bits per heavy atom. The number of hydrogen-bond donors (Lipinski definition) is 2. The predicted octanol–water partition coefficient (Wildman–Crippen LogP) is 2.19. The van der Waals surface area contributed by atoms with Crippen molar-refractivity contribution < 1.29 is 24.6 Å². The number of para-hydroxylation sites is 1. The summed E-state index contributed by atoms with van der Waals surface area (Å²) in [4.78, 5) is 41.7. The standard InChI is InChI=1S/C21H28N4O.C2H2O4/c1-3-21(26)25(20-11-7-8-12-22-20)17-18(2)23-13-15-24(16-14-23)19-9-5-4-6-10-19;3-1(4)2(5)6/h4-12,18H,3,13-17H2,1-2H3;(H,3,4)(H,5,6). The molecule has 0 aliphatic carbocycles. The minimum Gasteiger partial charge on any atom is -0.473 e. The van der Waals surface area contributed by atoms with Crippen LogP contribution in [0.3, 0.4) is 0 Å². The molecule has 2 aromatic rings. The van der Waals surface area contributed by atoms with Gasteiger partial charge >= 0.3 is 11.9 Å². The van der Waals surface area contributed by atoms with Crippen molar-refractivity contribution in [1.29, 1.82) is 0 Å². The summed E-state index contributed by atoms with van der Waals surface area (Å²) in [5.74, 6) is -2.78.